The molecule has 0 bridgehead atoms. The molecule has 21 heavy (non-hydrogen) atoms. The van der Waals surface area contributed by atoms with E-state index in [0.29, 0.717) is 5.56 Å². The van der Waals surface area contributed by atoms with Crippen molar-refractivity contribution in [3.63, 3.8) is 0 Å². The van der Waals surface area contributed by atoms with Crippen molar-refractivity contribution in [2.75, 3.05) is 10.6 Å². The lowest BCUT2D eigenvalue weighted by atomic mass is 10.1. The standard InChI is InChI=1S/C17H17BrFNO/c18-9-3-6-13-4-2-8-16(11-13)20-17(21)12-14-5-1-7-15(19)10-14/h1-2,4-5,7-8,10-11H,3,6,9,12H2,(H,20,21). The predicted molar refractivity (Wildman–Crippen MR) is 87.3 cm³/mol. The molecule has 110 valence electrons. The summed E-state index contributed by atoms with van der Waals surface area (Å²) in [6.45, 7) is 0. The highest BCUT2D eigenvalue weighted by atomic mass is 79.9. The molecule has 2 aromatic rings. The van der Waals surface area contributed by atoms with Crippen LogP contribution in [0, 0.1) is 5.82 Å². The molecule has 0 aliphatic rings. The van der Waals surface area contributed by atoms with Crippen LogP contribution in [0.15, 0.2) is 48.5 Å². The summed E-state index contributed by atoms with van der Waals surface area (Å²) >= 11 is 3.41. The van der Waals surface area contributed by atoms with Gasteiger partial charge in [-0.3, -0.25) is 4.79 Å². The molecule has 0 unspecified atom stereocenters. The van der Waals surface area contributed by atoms with E-state index in [4.69, 9.17) is 0 Å². The number of hydrogen-bond acceptors (Lipinski definition) is 1. The second kappa shape index (κ2) is 7.93. The Balaban J connectivity index is 1.96. The number of amides is 1. The van der Waals surface area contributed by atoms with Gasteiger partial charge in [-0.25, -0.2) is 4.39 Å². The summed E-state index contributed by atoms with van der Waals surface area (Å²) in [5.74, 6) is -0.463. The van der Waals surface area contributed by atoms with Gasteiger partial charge >= 0.3 is 0 Å². The lowest BCUT2D eigenvalue weighted by Gasteiger charge is -2.07. The Morgan fingerprint density at radius 2 is 1.86 bits per heavy atom. The van der Waals surface area contributed by atoms with Crippen molar-refractivity contribution in [1.82, 2.24) is 0 Å². The summed E-state index contributed by atoms with van der Waals surface area (Å²) in [5.41, 5.74) is 2.64. The molecule has 0 aliphatic carbocycles. The van der Waals surface area contributed by atoms with Crippen LogP contribution in [-0.4, -0.2) is 11.2 Å². The van der Waals surface area contributed by atoms with Gasteiger partial charge in [0, 0.05) is 11.0 Å². The topological polar surface area (TPSA) is 29.1 Å². The summed E-state index contributed by atoms with van der Waals surface area (Å²) in [5, 5.41) is 3.82. The van der Waals surface area contributed by atoms with Crippen molar-refractivity contribution in [3.8, 4) is 0 Å². The van der Waals surface area contributed by atoms with Gasteiger partial charge in [0.25, 0.3) is 0 Å². The molecule has 0 spiro atoms. The highest BCUT2D eigenvalue weighted by Gasteiger charge is 2.05. The fraction of sp³-hybridized carbons (Fsp3) is 0.235. The van der Waals surface area contributed by atoms with Gasteiger partial charge in [0.1, 0.15) is 5.82 Å². The van der Waals surface area contributed by atoms with Crippen LogP contribution in [0.25, 0.3) is 0 Å². The molecule has 2 rings (SSSR count). The number of aryl methyl sites for hydroxylation is 1. The van der Waals surface area contributed by atoms with Crippen LogP contribution in [0.5, 0.6) is 0 Å². The van der Waals surface area contributed by atoms with Crippen molar-refractivity contribution in [1.29, 1.82) is 0 Å². The minimum absolute atomic E-state index is 0.141. The normalized spacial score (nSPS) is 10.4. The largest absolute Gasteiger partial charge is 0.326 e. The van der Waals surface area contributed by atoms with Gasteiger partial charge < -0.3 is 5.32 Å². The number of alkyl halides is 1. The van der Waals surface area contributed by atoms with E-state index in [1.807, 2.05) is 24.3 Å². The van der Waals surface area contributed by atoms with Crippen molar-refractivity contribution in [3.05, 3.63) is 65.5 Å². The van der Waals surface area contributed by atoms with Crippen LogP contribution in [0.2, 0.25) is 0 Å². The number of nitrogens with one attached hydrogen (secondary N) is 1. The molecular formula is C17H17BrFNO. The van der Waals surface area contributed by atoms with Crippen LogP contribution in [0.4, 0.5) is 10.1 Å². The molecule has 0 aliphatic heterocycles. The van der Waals surface area contributed by atoms with Gasteiger partial charge in [-0.05, 0) is 48.2 Å². The number of halogens is 2. The maximum atomic E-state index is 13.1. The first kappa shape index (κ1) is 15.7. The lowest BCUT2D eigenvalue weighted by molar-refractivity contribution is -0.115. The van der Waals surface area contributed by atoms with Crippen molar-refractivity contribution < 1.29 is 9.18 Å². The molecule has 0 heterocycles. The zero-order chi connectivity index (χ0) is 15.1. The molecular weight excluding hydrogens is 333 g/mol. The number of rotatable bonds is 6. The van der Waals surface area contributed by atoms with Crippen LogP contribution in [0.3, 0.4) is 0 Å². The van der Waals surface area contributed by atoms with E-state index in [0.717, 1.165) is 23.9 Å². The molecule has 0 atom stereocenters. The van der Waals surface area contributed by atoms with E-state index in [1.165, 1.54) is 17.7 Å². The maximum Gasteiger partial charge on any atom is 0.228 e. The average Bonchev–Trinajstić information content (AvgIpc) is 2.45. The molecule has 2 aromatic carbocycles. The summed E-state index contributed by atoms with van der Waals surface area (Å²) < 4.78 is 13.1. The predicted octanol–water partition coefficient (Wildman–Crippen LogP) is 4.33. The fourth-order valence-corrected chi connectivity index (χ4v) is 2.39. The third-order valence-corrected chi connectivity index (χ3v) is 3.62. The molecule has 1 N–H and O–H groups in total. The summed E-state index contributed by atoms with van der Waals surface area (Å²) in [6, 6.07) is 13.9. The van der Waals surface area contributed by atoms with E-state index >= 15 is 0 Å². The second-order valence-electron chi connectivity index (χ2n) is 4.85. The Bertz CT molecular complexity index is 615. The smallest absolute Gasteiger partial charge is 0.228 e. The highest BCUT2D eigenvalue weighted by molar-refractivity contribution is 9.09. The zero-order valence-corrected chi connectivity index (χ0v) is 13.2. The monoisotopic (exact) mass is 349 g/mol. The Morgan fingerprint density at radius 3 is 2.62 bits per heavy atom. The van der Waals surface area contributed by atoms with E-state index in [2.05, 4.69) is 21.2 Å². The SMILES string of the molecule is O=C(Cc1cccc(F)c1)Nc1cccc(CCCBr)c1. The fourth-order valence-electron chi connectivity index (χ4n) is 2.11. The summed E-state index contributed by atoms with van der Waals surface area (Å²) in [4.78, 5) is 12.0. The Morgan fingerprint density at radius 1 is 1.10 bits per heavy atom. The maximum absolute atomic E-state index is 13.1. The number of carbonyl (C=O) groups excluding carboxylic acids is 1. The number of carbonyl (C=O) groups is 1. The number of hydrogen-bond donors (Lipinski definition) is 1. The van der Waals surface area contributed by atoms with Crippen molar-refractivity contribution >= 4 is 27.5 Å². The van der Waals surface area contributed by atoms with Crippen molar-refractivity contribution in [2.24, 2.45) is 0 Å². The van der Waals surface area contributed by atoms with Gasteiger partial charge in [-0.1, -0.05) is 40.2 Å². The summed E-state index contributed by atoms with van der Waals surface area (Å²) in [6.07, 6.45) is 2.20. The quantitative estimate of drug-likeness (QED) is 0.772. The van der Waals surface area contributed by atoms with E-state index in [1.54, 1.807) is 12.1 Å². The molecule has 1 amide bonds. The first-order valence-electron chi connectivity index (χ1n) is 6.86. The number of benzene rings is 2. The Labute approximate surface area is 132 Å². The third kappa shape index (κ3) is 5.31. The molecule has 0 radical (unpaired) electrons. The molecule has 0 saturated heterocycles. The third-order valence-electron chi connectivity index (χ3n) is 3.06. The minimum atomic E-state index is -0.322. The first-order chi connectivity index (χ1) is 10.2. The molecule has 0 fully saturated rings. The molecule has 4 heteroatoms. The van der Waals surface area contributed by atoms with Crippen LogP contribution < -0.4 is 5.32 Å². The second-order valence-corrected chi connectivity index (χ2v) is 5.64. The Hall–Kier alpha value is -1.68. The van der Waals surface area contributed by atoms with Gasteiger partial charge in [0.2, 0.25) is 5.91 Å². The Kier molecular flexibility index (Phi) is 5.93. The first-order valence-corrected chi connectivity index (χ1v) is 7.99. The van der Waals surface area contributed by atoms with Crippen LogP contribution in [0.1, 0.15) is 17.5 Å². The molecule has 0 saturated carbocycles. The van der Waals surface area contributed by atoms with Crippen LogP contribution >= 0.6 is 15.9 Å². The highest BCUT2D eigenvalue weighted by Crippen LogP contribution is 2.13. The van der Waals surface area contributed by atoms with E-state index in [9.17, 15) is 9.18 Å². The van der Waals surface area contributed by atoms with Gasteiger partial charge in [-0.2, -0.15) is 0 Å². The average molecular weight is 350 g/mol. The van der Waals surface area contributed by atoms with Crippen molar-refractivity contribution in [2.45, 2.75) is 19.3 Å². The summed E-state index contributed by atoms with van der Waals surface area (Å²) in [7, 11) is 0. The number of anilines is 1. The van der Waals surface area contributed by atoms with E-state index in [-0.39, 0.29) is 18.1 Å². The lowest BCUT2D eigenvalue weighted by Crippen LogP contribution is -2.14. The molecule has 0 aromatic heterocycles. The van der Waals surface area contributed by atoms with Crippen LogP contribution in [-0.2, 0) is 17.6 Å². The van der Waals surface area contributed by atoms with Gasteiger partial charge in [-0.15, -0.1) is 0 Å². The zero-order valence-electron chi connectivity index (χ0n) is 11.6. The molecule has 2 nitrogen and oxygen atoms in total. The minimum Gasteiger partial charge on any atom is -0.326 e. The van der Waals surface area contributed by atoms with E-state index < -0.39 is 0 Å². The van der Waals surface area contributed by atoms with Gasteiger partial charge in [0.05, 0.1) is 6.42 Å². The van der Waals surface area contributed by atoms with Gasteiger partial charge in [0.15, 0.2) is 0 Å².